The molecule has 0 N–H and O–H groups in total. The van der Waals surface area contributed by atoms with E-state index in [1.54, 1.807) is 26.7 Å². The van der Waals surface area contributed by atoms with Crippen LogP contribution in [0, 0.1) is 0 Å². The topological polar surface area (TPSA) is 52.6 Å². The van der Waals surface area contributed by atoms with Crippen molar-refractivity contribution in [3.63, 3.8) is 0 Å². The van der Waals surface area contributed by atoms with Crippen molar-refractivity contribution in [2.45, 2.75) is 0 Å². The van der Waals surface area contributed by atoms with Gasteiger partial charge in [0.05, 0.1) is 0 Å². The van der Waals surface area contributed by atoms with Gasteiger partial charge in [-0.05, 0) is 0 Å². The molecule has 0 aromatic rings. The molecule has 1 aliphatic rings. The molecule has 1 rings (SSSR count). The molecule has 0 bridgehead atoms. The van der Waals surface area contributed by atoms with E-state index in [-0.39, 0.29) is 0 Å². The Morgan fingerprint density at radius 3 is 1.27 bits per heavy atom. The average molecular weight is 179 g/mol. The van der Waals surface area contributed by atoms with Gasteiger partial charge in [-0.25, -0.2) is 0 Å². The summed E-state index contributed by atoms with van der Waals surface area (Å²) in [5.74, 6) is -1.76. The first kappa shape index (κ1) is 8.47. The molecule has 0 atom stereocenters. The van der Waals surface area contributed by atoms with Crippen LogP contribution in [0.2, 0.25) is 0 Å². The molecule has 0 amide bonds. The molecule has 1 aliphatic heterocycles. The quantitative estimate of drug-likeness (QED) is 0.402. The summed E-state index contributed by atoms with van der Waals surface area (Å²) in [6.07, 6.45) is -3.47. The summed E-state index contributed by atoms with van der Waals surface area (Å²) in [4.78, 5) is 21.5. The number of carbonyl (C=O) groups is 2. The summed E-state index contributed by atoms with van der Waals surface area (Å²) in [5.41, 5.74) is 0. The van der Waals surface area contributed by atoms with Gasteiger partial charge >= 0.3 is 63.6 Å². The van der Waals surface area contributed by atoms with Crippen LogP contribution in [0.15, 0.2) is 0 Å². The van der Waals surface area contributed by atoms with Gasteiger partial charge in [0.2, 0.25) is 0 Å². The first-order valence-corrected chi connectivity index (χ1v) is 7.53. The Hall–Kier alpha value is -0.630. The van der Waals surface area contributed by atoms with E-state index in [0.29, 0.717) is 0 Å². The predicted octanol–water partition coefficient (Wildman–Crippen LogP) is 0.525. The van der Waals surface area contributed by atoms with Crippen LogP contribution in [0.3, 0.4) is 0 Å². The van der Waals surface area contributed by atoms with Crippen LogP contribution in [-0.2, 0) is 18.6 Å². The first-order chi connectivity index (χ1) is 4.51. The molecule has 1 saturated heterocycles. The molecule has 11 heavy (non-hydrogen) atoms. The van der Waals surface area contributed by atoms with Crippen LogP contribution in [0.25, 0.3) is 0 Å². The van der Waals surface area contributed by atoms with Gasteiger partial charge in [0.1, 0.15) is 0 Å². The van der Waals surface area contributed by atoms with Gasteiger partial charge in [-0.15, -0.1) is 0 Å². The van der Waals surface area contributed by atoms with Crippen LogP contribution in [0.1, 0.15) is 0 Å². The van der Waals surface area contributed by atoms with Crippen LogP contribution < -0.4 is 0 Å². The fourth-order valence-electron chi connectivity index (χ4n) is 0.824. The molecule has 4 nitrogen and oxygen atoms in total. The third-order valence-corrected chi connectivity index (χ3v) is 3.08. The second-order valence-electron chi connectivity index (χ2n) is 4.98. The van der Waals surface area contributed by atoms with Crippen molar-refractivity contribution in [2.24, 2.45) is 0 Å². The van der Waals surface area contributed by atoms with Crippen molar-refractivity contribution in [1.82, 2.24) is 0 Å². The Balaban J connectivity index is 3.18. The van der Waals surface area contributed by atoms with E-state index in [2.05, 4.69) is 0 Å². The second kappa shape index (κ2) is 1.31. The molecular weight excluding hydrogens is 167 g/mol. The van der Waals surface area contributed by atoms with Gasteiger partial charge < -0.3 is 0 Å². The van der Waals surface area contributed by atoms with Crippen LogP contribution in [-0.4, -0.2) is 38.6 Å². The summed E-state index contributed by atoms with van der Waals surface area (Å²) >= 11 is 0. The van der Waals surface area contributed by atoms with E-state index in [9.17, 15) is 9.59 Å². The van der Waals surface area contributed by atoms with Gasteiger partial charge in [0.25, 0.3) is 0 Å². The molecule has 66 valence electrons. The Kier molecular flexibility index (Phi) is 1.01. The second-order valence-corrected chi connectivity index (χ2v) is 13.8. The van der Waals surface area contributed by atoms with Gasteiger partial charge in [0.15, 0.2) is 0 Å². The van der Waals surface area contributed by atoms with Gasteiger partial charge in [-0.3, -0.25) is 0 Å². The molecule has 0 aromatic carbocycles. The van der Waals surface area contributed by atoms with Crippen molar-refractivity contribution in [1.29, 1.82) is 0 Å². The molecule has 0 saturated carbocycles. The first-order valence-electron chi connectivity index (χ1n) is 3.22. The summed E-state index contributed by atoms with van der Waals surface area (Å²) < 4.78 is 9.92. The van der Waals surface area contributed by atoms with E-state index >= 15 is 0 Å². The fourth-order valence-corrected chi connectivity index (χ4v) is 2.47. The summed E-state index contributed by atoms with van der Waals surface area (Å²) in [7, 11) is 0. The number of carbonyl (C=O) groups excluding carboxylic acids is 2. The van der Waals surface area contributed by atoms with Gasteiger partial charge in [0, 0.05) is 0 Å². The normalized spacial score (nSPS) is 37.1. The minimum atomic E-state index is -3.47. The Bertz CT molecular complexity index is 235. The summed E-state index contributed by atoms with van der Waals surface area (Å²) in [6.45, 7) is 6.70. The molecule has 5 heteroatoms. The zero-order valence-corrected chi connectivity index (χ0v) is 7.97. The van der Waals surface area contributed by atoms with Crippen LogP contribution in [0.4, 0.5) is 0 Å². The maximum atomic E-state index is 10.7. The number of rotatable bonds is 0. The molecule has 0 aliphatic carbocycles. The summed E-state index contributed by atoms with van der Waals surface area (Å²) in [5, 5.41) is 0. The van der Waals surface area contributed by atoms with Gasteiger partial charge in [-0.2, -0.15) is 0 Å². The third-order valence-electron chi connectivity index (χ3n) is 1.14. The SMILES string of the molecule is C[P-]1(C)(C)(C)OC(=O)C(=O)O1. The van der Waals surface area contributed by atoms with Crippen molar-refractivity contribution < 1.29 is 18.6 Å². The molecule has 0 radical (unpaired) electrons. The average Bonchev–Trinajstić information content (AvgIpc) is 1.70. The third kappa shape index (κ3) is 1.69. The Morgan fingerprint density at radius 2 is 1.18 bits per heavy atom. The molecule has 1 heterocycles. The molecular formula is C6H12O4P-. The standard InChI is InChI=1S/C6H12O4P/c1-11(2,3,4)9-5(7)6(8)10-11/h1-4H3/q-1. The van der Waals surface area contributed by atoms with Crippen LogP contribution >= 0.6 is 6.40 Å². The monoisotopic (exact) mass is 179 g/mol. The fraction of sp³-hybridized carbons (Fsp3) is 0.667. The predicted molar refractivity (Wildman–Crippen MR) is 42.8 cm³/mol. The van der Waals surface area contributed by atoms with E-state index in [4.69, 9.17) is 9.05 Å². The van der Waals surface area contributed by atoms with Crippen molar-refractivity contribution in [3.8, 4) is 0 Å². The van der Waals surface area contributed by atoms with Crippen LogP contribution in [0.5, 0.6) is 0 Å². The summed E-state index contributed by atoms with van der Waals surface area (Å²) in [6, 6.07) is 0. The zero-order chi connectivity index (χ0) is 8.98. The van der Waals surface area contributed by atoms with Gasteiger partial charge in [-0.1, -0.05) is 0 Å². The zero-order valence-electron chi connectivity index (χ0n) is 7.08. The van der Waals surface area contributed by atoms with E-state index in [1.165, 1.54) is 0 Å². The number of hydrogen-bond acceptors (Lipinski definition) is 4. The molecule has 0 aromatic heterocycles. The van der Waals surface area contributed by atoms with E-state index in [0.717, 1.165) is 0 Å². The number of hydrogen-bond donors (Lipinski definition) is 0. The molecule has 0 unspecified atom stereocenters. The van der Waals surface area contributed by atoms with Crippen molar-refractivity contribution in [2.75, 3.05) is 26.7 Å². The minimum absolute atomic E-state index is 0.879. The Labute approximate surface area is 64.5 Å². The molecule has 0 spiro atoms. The van der Waals surface area contributed by atoms with E-state index < -0.39 is 18.3 Å². The van der Waals surface area contributed by atoms with Crippen molar-refractivity contribution in [3.05, 3.63) is 0 Å². The maximum absolute atomic E-state index is 10.7. The Morgan fingerprint density at radius 1 is 0.909 bits per heavy atom. The van der Waals surface area contributed by atoms with E-state index in [1.807, 2.05) is 0 Å². The van der Waals surface area contributed by atoms with Crippen molar-refractivity contribution >= 4 is 18.3 Å². The molecule has 1 fully saturated rings.